The van der Waals surface area contributed by atoms with E-state index in [1.165, 1.54) is 12.3 Å². The van der Waals surface area contributed by atoms with Gasteiger partial charge in [0.05, 0.1) is 11.3 Å². The molecule has 0 aliphatic rings. The lowest BCUT2D eigenvalue weighted by atomic mass is 10.2. The van der Waals surface area contributed by atoms with Crippen molar-refractivity contribution < 1.29 is 9.90 Å². The van der Waals surface area contributed by atoms with Gasteiger partial charge in [0.15, 0.2) is 5.82 Å². The van der Waals surface area contributed by atoms with Crippen LogP contribution in [0.25, 0.3) is 0 Å². The number of rotatable bonds is 3. The second-order valence-electron chi connectivity index (χ2n) is 3.75. The maximum absolute atomic E-state index is 10.8. The molecule has 5 nitrogen and oxygen atoms in total. The molecule has 4 N–H and O–H groups in total. The lowest BCUT2D eigenvalue weighted by Crippen LogP contribution is -2.03. The Kier molecular flexibility index (Phi) is 3.78. The van der Waals surface area contributed by atoms with Gasteiger partial charge >= 0.3 is 5.97 Å². The van der Waals surface area contributed by atoms with Gasteiger partial charge in [-0.2, -0.15) is 0 Å². The van der Waals surface area contributed by atoms with E-state index in [2.05, 4.69) is 10.3 Å². The monoisotopic (exact) mass is 297 g/mol. The van der Waals surface area contributed by atoms with E-state index in [0.717, 1.165) is 0 Å². The van der Waals surface area contributed by atoms with Crippen LogP contribution in [0.4, 0.5) is 17.2 Å². The van der Waals surface area contributed by atoms with E-state index in [0.29, 0.717) is 21.6 Å². The van der Waals surface area contributed by atoms with Crippen LogP contribution in [0.2, 0.25) is 10.0 Å². The second-order valence-corrected chi connectivity index (χ2v) is 4.62. The van der Waals surface area contributed by atoms with Crippen molar-refractivity contribution in [2.24, 2.45) is 0 Å². The number of pyridine rings is 1. The third-order valence-electron chi connectivity index (χ3n) is 2.29. The van der Waals surface area contributed by atoms with E-state index in [9.17, 15) is 4.79 Å². The first-order valence-electron chi connectivity index (χ1n) is 5.17. The van der Waals surface area contributed by atoms with E-state index in [1.54, 1.807) is 18.2 Å². The van der Waals surface area contributed by atoms with E-state index >= 15 is 0 Å². The highest BCUT2D eigenvalue weighted by Crippen LogP contribution is 2.26. The number of halogens is 2. The molecule has 1 aromatic carbocycles. The minimum Gasteiger partial charge on any atom is -0.478 e. The number of aromatic nitrogens is 1. The van der Waals surface area contributed by atoms with Crippen molar-refractivity contribution in [3.63, 3.8) is 0 Å². The Morgan fingerprint density at radius 3 is 2.37 bits per heavy atom. The summed E-state index contributed by atoms with van der Waals surface area (Å²) in [7, 11) is 0. The lowest BCUT2D eigenvalue weighted by Gasteiger charge is -2.09. The zero-order valence-corrected chi connectivity index (χ0v) is 11.0. The Balaban J connectivity index is 2.30. The van der Waals surface area contributed by atoms with Gasteiger partial charge in [-0.3, -0.25) is 0 Å². The van der Waals surface area contributed by atoms with Gasteiger partial charge in [-0.05, 0) is 24.3 Å². The molecule has 19 heavy (non-hydrogen) atoms. The summed E-state index contributed by atoms with van der Waals surface area (Å²) in [5, 5.41) is 12.7. The SMILES string of the molecule is Nc1cc(C(=O)O)cnc1Nc1cc(Cl)cc(Cl)c1. The van der Waals surface area contributed by atoms with Crippen LogP contribution >= 0.6 is 23.2 Å². The van der Waals surface area contributed by atoms with Crippen molar-refractivity contribution >= 4 is 46.4 Å². The predicted octanol–water partition coefficient (Wildman–Crippen LogP) is 3.41. The zero-order valence-electron chi connectivity index (χ0n) is 9.52. The number of aromatic carboxylic acids is 1. The molecule has 2 aromatic rings. The van der Waals surface area contributed by atoms with Gasteiger partial charge in [0.2, 0.25) is 0 Å². The van der Waals surface area contributed by atoms with Crippen LogP contribution in [0.15, 0.2) is 30.5 Å². The summed E-state index contributed by atoms with van der Waals surface area (Å²) in [6, 6.07) is 6.22. The first kappa shape index (κ1) is 13.5. The van der Waals surface area contributed by atoms with Crippen LogP contribution in [0.3, 0.4) is 0 Å². The molecule has 0 atom stereocenters. The molecule has 0 fully saturated rings. The number of nitrogens with two attached hydrogens (primary N) is 1. The van der Waals surface area contributed by atoms with Crippen LogP contribution < -0.4 is 11.1 Å². The first-order valence-corrected chi connectivity index (χ1v) is 5.93. The average Bonchev–Trinajstić information content (AvgIpc) is 2.30. The number of hydrogen-bond acceptors (Lipinski definition) is 4. The number of nitrogens with one attached hydrogen (secondary N) is 1. The number of carboxylic acids is 1. The van der Waals surface area contributed by atoms with Gasteiger partial charge in [-0.25, -0.2) is 9.78 Å². The molecule has 0 saturated carbocycles. The van der Waals surface area contributed by atoms with E-state index in [4.69, 9.17) is 34.0 Å². The number of anilines is 3. The fourth-order valence-electron chi connectivity index (χ4n) is 1.47. The van der Waals surface area contributed by atoms with Crippen molar-refractivity contribution in [2.75, 3.05) is 11.1 Å². The van der Waals surface area contributed by atoms with Crippen LogP contribution in [-0.4, -0.2) is 16.1 Å². The standard InChI is InChI=1S/C12H9Cl2N3O2/c13-7-2-8(14)4-9(3-7)17-11-10(15)1-6(5-16-11)12(18)19/h1-5H,15H2,(H,16,17)(H,18,19). The molecule has 0 aliphatic carbocycles. The smallest absolute Gasteiger partial charge is 0.337 e. The maximum Gasteiger partial charge on any atom is 0.337 e. The number of benzene rings is 1. The van der Waals surface area contributed by atoms with E-state index < -0.39 is 5.97 Å². The topological polar surface area (TPSA) is 88.2 Å². The quantitative estimate of drug-likeness (QED) is 0.808. The third kappa shape index (κ3) is 3.27. The van der Waals surface area contributed by atoms with Crippen molar-refractivity contribution in [2.45, 2.75) is 0 Å². The number of hydrogen-bond donors (Lipinski definition) is 3. The number of carboxylic acid groups (broad SMARTS) is 1. The molecule has 2 rings (SSSR count). The predicted molar refractivity (Wildman–Crippen MR) is 75.4 cm³/mol. The molecular weight excluding hydrogens is 289 g/mol. The Labute approximate surface area is 119 Å². The molecule has 0 unspecified atom stereocenters. The Hall–Kier alpha value is -1.98. The van der Waals surface area contributed by atoms with Crippen molar-refractivity contribution in [3.05, 3.63) is 46.1 Å². The lowest BCUT2D eigenvalue weighted by molar-refractivity contribution is 0.0696. The van der Waals surface area contributed by atoms with Gasteiger partial charge in [-0.15, -0.1) is 0 Å². The van der Waals surface area contributed by atoms with Crippen LogP contribution in [0.1, 0.15) is 10.4 Å². The number of carbonyl (C=O) groups is 1. The van der Waals surface area contributed by atoms with Crippen molar-refractivity contribution in [1.82, 2.24) is 4.98 Å². The van der Waals surface area contributed by atoms with Gasteiger partial charge in [0.25, 0.3) is 0 Å². The zero-order chi connectivity index (χ0) is 14.0. The summed E-state index contributed by atoms with van der Waals surface area (Å²) in [5.74, 6) is -0.750. The van der Waals surface area contributed by atoms with Gasteiger partial charge in [0.1, 0.15) is 0 Å². The summed E-state index contributed by atoms with van der Waals surface area (Å²) in [5.41, 5.74) is 6.58. The summed E-state index contributed by atoms with van der Waals surface area (Å²) in [6.07, 6.45) is 1.22. The summed E-state index contributed by atoms with van der Waals surface area (Å²) < 4.78 is 0. The molecule has 0 radical (unpaired) electrons. The maximum atomic E-state index is 10.8. The Bertz CT molecular complexity index is 627. The second kappa shape index (κ2) is 5.34. The Morgan fingerprint density at radius 1 is 1.21 bits per heavy atom. The highest BCUT2D eigenvalue weighted by Gasteiger charge is 2.08. The minimum atomic E-state index is -1.09. The Morgan fingerprint density at radius 2 is 1.84 bits per heavy atom. The molecule has 1 heterocycles. The largest absolute Gasteiger partial charge is 0.478 e. The normalized spacial score (nSPS) is 10.2. The molecule has 0 bridgehead atoms. The van der Waals surface area contributed by atoms with Gasteiger partial charge in [-0.1, -0.05) is 23.2 Å². The van der Waals surface area contributed by atoms with Gasteiger partial charge < -0.3 is 16.2 Å². The number of nitrogen functional groups attached to an aromatic ring is 1. The molecule has 98 valence electrons. The third-order valence-corrected chi connectivity index (χ3v) is 2.73. The average molecular weight is 298 g/mol. The molecule has 1 aromatic heterocycles. The van der Waals surface area contributed by atoms with Crippen LogP contribution in [0.5, 0.6) is 0 Å². The molecule has 0 aliphatic heterocycles. The summed E-state index contributed by atoms with van der Waals surface area (Å²) in [4.78, 5) is 14.7. The summed E-state index contributed by atoms with van der Waals surface area (Å²) >= 11 is 11.7. The fourth-order valence-corrected chi connectivity index (χ4v) is 1.99. The molecular formula is C12H9Cl2N3O2. The highest BCUT2D eigenvalue weighted by atomic mass is 35.5. The van der Waals surface area contributed by atoms with Crippen LogP contribution in [-0.2, 0) is 0 Å². The summed E-state index contributed by atoms with van der Waals surface area (Å²) in [6.45, 7) is 0. The molecule has 7 heteroatoms. The molecule has 0 amide bonds. The van der Waals surface area contributed by atoms with Crippen molar-refractivity contribution in [1.29, 1.82) is 0 Å². The van der Waals surface area contributed by atoms with Crippen molar-refractivity contribution in [3.8, 4) is 0 Å². The fraction of sp³-hybridized carbons (Fsp3) is 0. The number of nitrogens with zero attached hydrogens (tertiary/aromatic N) is 1. The van der Waals surface area contributed by atoms with Crippen LogP contribution in [0, 0.1) is 0 Å². The minimum absolute atomic E-state index is 0.0205. The highest BCUT2D eigenvalue weighted by molar-refractivity contribution is 6.35. The van der Waals surface area contributed by atoms with E-state index in [-0.39, 0.29) is 11.3 Å². The molecule has 0 spiro atoms. The molecule has 0 saturated heterocycles. The van der Waals surface area contributed by atoms with Gasteiger partial charge in [0, 0.05) is 21.9 Å². The first-order chi connectivity index (χ1) is 8.95. The van der Waals surface area contributed by atoms with E-state index in [1.807, 2.05) is 0 Å².